The summed E-state index contributed by atoms with van der Waals surface area (Å²) in [6.45, 7) is 6.91. The fourth-order valence-electron chi connectivity index (χ4n) is 1.53. The van der Waals surface area contributed by atoms with Crippen molar-refractivity contribution in [1.29, 1.82) is 0 Å². The molecule has 0 saturated carbocycles. The van der Waals surface area contributed by atoms with Crippen LogP contribution in [0.25, 0.3) is 0 Å². The highest BCUT2D eigenvalue weighted by Crippen LogP contribution is 2.36. The number of nitrogens with one attached hydrogen (secondary N) is 1. The van der Waals surface area contributed by atoms with E-state index in [9.17, 15) is 0 Å². The van der Waals surface area contributed by atoms with Crippen LogP contribution in [0.5, 0.6) is 5.75 Å². The van der Waals surface area contributed by atoms with Crippen molar-refractivity contribution in [1.82, 2.24) is 0 Å². The summed E-state index contributed by atoms with van der Waals surface area (Å²) in [7, 11) is 1.87. The van der Waals surface area contributed by atoms with Gasteiger partial charge in [0.05, 0.1) is 12.3 Å². The highest BCUT2D eigenvalue weighted by molar-refractivity contribution is 6.31. The predicted molar refractivity (Wildman–Crippen MR) is 66.3 cm³/mol. The van der Waals surface area contributed by atoms with E-state index in [2.05, 4.69) is 19.2 Å². The van der Waals surface area contributed by atoms with Gasteiger partial charge < -0.3 is 10.1 Å². The predicted octanol–water partition coefficient (Wildman–Crippen LogP) is 3.90. The Balaban J connectivity index is 3.26. The second kappa shape index (κ2) is 5.26. The van der Waals surface area contributed by atoms with Gasteiger partial charge in [-0.1, -0.05) is 25.4 Å². The molecule has 0 aliphatic rings. The number of ether oxygens (including phenoxy) is 1. The smallest absolute Gasteiger partial charge is 0.145 e. The monoisotopic (exact) mass is 227 g/mol. The first-order chi connectivity index (χ1) is 7.10. The van der Waals surface area contributed by atoms with Crippen LogP contribution in [0.1, 0.15) is 32.3 Å². The SMILES string of the molecule is CCOc1c(NC)cc(Cl)cc1C(C)C. The third-order valence-electron chi connectivity index (χ3n) is 2.26. The van der Waals surface area contributed by atoms with E-state index in [0.29, 0.717) is 12.5 Å². The summed E-state index contributed by atoms with van der Waals surface area (Å²) in [5.41, 5.74) is 2.10. The van der Waals surface area contributed by atoms with Crippen molar-refractivity contribution in [2.45, 2.75) is 26.7 Å². The van der Waals surface area contributed by atoms with E-state index in [1.54, 1.807) is 0 Å². The highest BCUT2D eigenvalue weighted by atomic mass is 35.5. The van der Waals surface area contributed by atoms with Gasteiger partial charge in [-0.15, -0.1) is 0 Å². The van der Waals surface area contributed by atoms with E-state index in [1.807, 2.05) is 26.1 Å². The van der Waals surface area contributed by atoms with Gasteiger partial charge in [0, 0.05) is 17.6 Å². The minimum atomic E-state index is 0.400. The normalized spacial score (nSPS) is 10.5. The van der Waals surface area contributed by atoms with Crippen LogP contribution < -0.4 is 10.1 Å². The average Bonchev–Trinajstić information content (AvgIpc) is 2.19. The van der Waals surface area contributed by atoms with Crippen LogP contribution in [0.3, 0.4) is 0 Å². The Hall–Kier alpha value is -0.890. The van der Waals surface area contributed by atoms with Gasteiger partial charge in [0.15, 0.2) is 0 Å². The van der Waals surface area contributed by atoms with Crippen molar-refractivity contribution in [3.63, 3.8) is 0 Å². The standard InChI is InChI=1S/C12H18ClNO/c1-5-15-12-10(8(2)3)6-9(13)7-11(12)14-4/h6-8,14H,5H2,1-4H3. The molecular weight excluding hydrogens is 210 g/mol. The topological polar surface area (TPSA) is 21.3 Å². The van der Waals surface area contributed by atoms with Crippen molar-refractivity contribution >= 4 is 17.3 Å². The van der Waals surface area contributed by atoms with E-state index < -0.39 is 0 Å². The minimum absolute atomic E-state index is 0.400. The molecule has 0 unspecified atom stereocenters. The molecule has 0 fully saturated rings. The molecule has 1 aromatic rings. The minimum Gasteiger partial charge on any atom is -0.491 e. The Kier molecular flexibility index (Phi) is 4.28. The molecule has 0 spiro atoms. The number of halogens is 1. The summed E-state index contributed by atoms with van der Waals surface area (Å²) in [5.74, 6) is 1.32. The molecule has 84 valence electrons. The van der Waals surface area contributed by atoms with E-state index in [4.69, 9.17) is 16.3 Å². The Morgan fingerprint density at radius 3 is 2.53 bits per heavy atom. The lowest BCUT2D eigenvalue weighted by Gasteiger charge is -2.17. The summed E-state index contributed by atoms with van der Waals surface area (Å²) < 4.78 is 5.65. The number of hydrogen-bond donors (Lipinski definition) is 1. The zero-order valence-corrected chi connectivity index (χ0v) is 10.5. The van der Waals surface area contributed by atoms with E-state index in [1.165, 1.54) is 0 Å². The first kappa shape index (κ1) is 12.2. The molecule has 15 heavy (non-hydrogen) atoms. The summed E-state index contributed by atoms with van der Waals surface area (Å²) in [4.78, 5) is 0. The molecule has 0 aliphatic carbocycles. The fraction of sp³-hybridized carbons (Fsp3) is 0.500. The molecule has 0 bridgehead atoms. The average molecular weight is 228 g/mol. The van der Waals surface area contributed by atoms with Gasteiger partial charge in [0.25, 0.3) is 0 Å². The van der Waals surface area contributed by atoms with Crippen molar-refractivity contribution in [3.05, 3.63) is 22.7 Å². The highest BCUT2D eigenvalue weighted by Gasteiger charge is 2.13. The molecule has 0 amide bonds. The van der Waals surface area contributed by atoms with Crippen LogP contribution in [-0.4, -0.2) is 13.7 Å². The third kappa shape index (κ3) is 2.78. The molecule has 0 atom stereocenters. The lowest BCUT2D eigenvalue weighted by Crippen LogP contribution is -2.02. The maximum atomic E-state index is 6.05. The molecule has 1 rings (SSSR count). The van der Waals surface area contributed by atoms with E-state index >= 15 is 0 Å². The fourth-order valence-corrected chi connectivity index (χ4v) is 1.76. The molecule has 0 radical (unpaired) electrons. The first-order valence-electron chi connectivity index (χ1n) is 5.24. The van der Waals surface area contributed by atoms with Crippen LogP contribution in [-0.2, 0) is 0 Å². The molecule has 1 N–H and O–H groups in total. The molecule has 0 aliphatic heterocycles. The van der Waals surface area contributed by atoms with Crippen LogP contribution in [0.15, 0.2) is 12.1 Å². The van der Waals surface area contributed by atoms with Gasteiger partial charge >= 0.3 is 0 Å². The number of hydrogen-bond acceptors (Lipinski definition) is 2. The van der Waals surface area contributed by atoms with Crippen molar-refractivity contribution in [3.8, 4) is 5.75 Å². The van der Waals surface area contributed by atoms with Crippen LogP contribution >= 0.6 is 11.6 Å². The first-order valence-corrected chi connectivity index (χ1v) is 5.61. The lowest BCUT2D eigenvalue weighted by atomic mass is 10.0. The zero-order chi connectivity index (χ0) is 11.4. The number of anilines is 1. The van der Waals surface area contributed by atoms with Gasteiger partial charge in [-0.2, -0.15) is 0 Å². The maximum Gasteiger partial charge on any atom is 0.145 e. The molecule has 0 saturated heterocycles. The quantitative estimate of drug-likeness (QED) is 0.842. The third-order valence-corrected chi connectivity index (χ3v) is 2.48. The summed E-state index contributed by atoms with van der Waals surface area (Å²) in [6.07, 6.45) is 0. The van der Waals surface area contributed by atoms with Gasteiger partial charge in [-0.05, 0) is 25.0 Å². The largest absolute Gasteiger partial charge is 0.491 e. The Labute approximate surface area is 96.6 Å². The molecular formula is C12H18ClNO. The summed E-state index contributed by atoms with van der Waals surface area (Å²) >= 11 is 6.05. The van der Waals surface area contributed by atoms with Crippen molar-refractivity contribution < 1.29 is 4.74 Å². The molecule has 0 aromatic heterocycles. The van der Waals surface area contributed by atoms with Crippen molar-refractivity contribution in [2.24, 2.45) is 0 Å². The molecule has 3 heteroatoms. The van der Waals surface area contributed by atoms with Crippen LogP contribution in [0.4, 0.5) is 5.69 Å². The molecule has 0 heterocycles. The second-order valence-electron chi connectivity index (χ2n) is 3.71. The van der Waals surface area contributed by atoms with Gasteiger partial charge in [-0.25, -0.2) is 0 Å². The van der Waals surface area contributed by atoms with Gasteiger partial charge in [-0.3, -0.25) is 0 Å². The zero-order valence-electron chi connectivity index (χ0n) is 9.73. The number of rotatable bonds is 4. The van der Waals surface area contributed by atoms with E-state index in [-0.39, 0.29) is 0 Å². The lowest BCUT2D eigenvalue weighted by molar-refractivity contribution is 0.337. The van der Waals surface area contributed by atoms with Crippen LogP contribution in [0.2, 0.25) is 5.02 Å². The molecule has 1 aromatic carbocycles. The van der Waals surface area contributed by atoms with Crippen LogP contribution in [0, 0.1) is 0 Å². The van der Waals surface area contributed by atoms with Gasteiger partial charge in [0.2, 0.25) is 0 Å². The number of benzene rings is 1. The second-order valence-corrected chi connectivity index (χ2v) is 4.15. The summed E-state index contributed by atoms with van der Waals surface area (Å²) in [6, 6.07) is 3.86. The summed E-state index contributed by atoms with van der Waals surface area (Å²) in [5, 5.41) is 3.85. The van der Waals surface area contributed by atoms with Crippen molar-refractivity contribution in [2.75, 3.05) is 19.0 Å². The Morgan fingerprint density at radius 2 is 2.07 bits per heavy atom. The Bertz CT molecular complexity index is 337. The van der Waals surface area contributed by atoms with Gasteiger partial charge in [0.1, 0.15) is 5.75 Å². The molecule has 2 nitrogen and oxygen atoms in total. The maximum absolute atomic E-state index is 6.05. The Morgan fingerprint density at radius 1 is 1.40 bits per heavy atom. The van der Waals surface area contributed by atoms with E-state index in [0.717, 1.165) is 22.0 Å².